The summed E-state index contributed by atoms with van der Waals surface area (Å²) in [5.41, 5.74) is 5.69. The van der Waals surface area contributed by atoms with Gasteiger partial charge in [-0.15, -0.1) is 0 Å². The lowest BCUT2D eigenvalue weighted by atomic mass is 9.86. The van der Waals surface area contributed by atoms with Gasteiger partial charge in [0.05, 0.1) is 11.0 Å². The molecule has 0 unspecified atom stereocenters. The number of imidazole rings is 1. The molecular formula is C23H30N2O. The molecule has 0 radical (unpaired) electrons. The molecule has 0 bridgehead atoms. The van der Waals surface area contributed by atoms with Gasteiger partial charge in [-0.3, -0.25) is 4.57 Å². The van der Waals surface area contributed by atoms with Gasteiger partial charge in [0, 0.05) is 6.54 Å². The summed E-state index contributed by atoms with van der Waals surface area (Å²) in [5.74, 6) is 0.538. The zero-order valence-corrected chi connectivity index (χ0v) is 16.6. The van der Waals surface area contributed by atoms with Gasteiger partial charge in [-0.05, 0) is 40.2 Å². The maximum atomic E-state index is 12.4. The number of hydrogen-bond acceptors (Lipinski definition) is 1. The van der Waals surface area contributed by atoms with Crippen LogP contribution in [0.15, 0.2) is 47.3 Å². The molecule has 0 aliphatic carbocycles. The van der Waals surface area contributed by atoms with Gasteiger partial charge in [0.2, 0.25) is 0 Å². The molecule has 2 aromatic carbocycles. The SMILES string of the molecule is CCC(CC)Cn1c(=O)[nH]c2cc(-c3ccc(C(C)(C)C)cc3)ccc21. The summed E-state index contributed by atoms with van der Waals surface area (Å²) >= 11 is 0. The average Bonchev–Trinajstić information content (AvgIpc) is 2.93. The Bertz CT molecular complexity index is 935. The minimum atomic E-state index is -0.00729. The van der Waals surface area contributed by atoms with E-state index >= 15 is 0 Å². The van der Waals surface area contributed by atoms with Crippen molar-refractivity contribution >= 4 is 11.0 Å². The maximum absolute atomic E-state index is 12.4. The van der Waals surface area contributed by atoms with Crippen molar-refractivity contribution < 1.29 is 0 Å². The highest BCUT2D eigenvalue weighted by Crippen LogP contribution is 2.28. The first-order valence-corrected chi connectivity index (χ1v) is 9.67. The van der Waals surface area contributed by atoms with E-state index in [2.05, 4.69) is 82.1 Å². The van der Waals surface area contributed by atoms with E-state index in [0.29, 0.717) is 5.92 Å². The molecular weight excluding hydrogens is 320 g/mol. The van der Waals surface area contributed by atoms with E-state index in [1.807, 2.05) is 4.57 Å². The van der Waals surface area contributed by atoms with Crippen molar-refractivity contribution in [3.63, 3.8) is 0 Å². The predicted molar refractivity (Wildman–Crippen MR) is 111 cm³/mol. The molecule has 3 nitrogen and oxygen atoms in total. The van der Waals surface area contributed by atoms with Gasteiger partial charge in [0.1, 0.15) is 0 Å². The van der Waals surface area contributed by atoms with E-state index < -0.39 is 0 Å². The van der Waals surface area contributed by atoms with Gasteiger partial charge >= 0.3 is 5.69 Å². The topological polar surface area (TPSA) is 37.8 Å². The highest BCUT2D eigenvalue weighted by atomic mass is 16.1. The minimum absolute atomic E-state index is 0.00729. The summed E-state index contributed by atoms with van der Waals surface area (Å²) in [5, 5.41) is 0. The standard InChI is InChI=1S/C23H30N2O/c1-6-16(7-2)15-25-21-13-10-18(14-20(21)24-22(25)26)17-8-11-19(12-9-17)23(3,4)5/h8-14,16H,6-7,15H2,1-5H3,(H,24,26). The Morgan fingerprint density at radius 3 is 2.15 bits per heavy atom. The largest absolute Gasteiger partial charge is 0.326 e. The summed E-state index contributed by atoms with van der Waals surface area (Å²) in [7, 11) is 0. The van der Waals surface area contributed by atoms with Crippen LogP contribution in [0.4, 0.5) is 0 Å². The van der Waals surface area contributed by atoms with Gasteiger partial charge in [0.15, 0.2) is 0 Å². The number of rotatable bonds is 5. The van der Waals surface area contributed by atoms with Crippen LogP contribution in [0.25, 0.3) is 22.2 Å². The van der Waals surface area contributed by atoms with Gasteiger partial charge in [-0.25, -0.2) is 4.79 Å². The second kappa shape index (κ2) is 7.14. The number of H-pyrrole nitrogens is 1. The zero-order valence-electron chi connectivity index (χ0n) is 16.6. The summed E-state index contributed by atoms with van der Waals surface area (Å²) in [6.45, 7) is 11.8. The lowest BCUT2D eigenvalue weighted by Gasteiger charge is -2.19. The van der Waals surface area contributed by atoms with Gasteiger partial charge < -0.3 is 4.98 Å². The Labute approximate surface area is 156 Å². The van der Waals surface area contributed by atoms with Gasteiger partial charge in [-0.1, -0.05) is 77.8 Å². The molecule has 3 aromatic rings. The summed E-state index contributed by atoms with van der Waals surface area (Å²) in [6.07, 6.45) is 2.18. The van der Waals surface area contributed by atoms with Gasteiger partial charge in [-0.2, -0.15) is 0 Å². The Balaban J connectivity index is 1.96. The highest BCUT2D eigenvalue weighted by Gasteiger charge is 2.14. The molecule has 3 heteroatoms. The molecule has 1 N–H and O–H groups in total. The molecule has 0 saturated heterocycles. The van der Waals surface area contributed by atoms with Crippen LogP contribution < -0.4 is 5.69 Å². The van der Waals surface area contributed by atoms with Crippen LogP contribution in [0, 0.1) is 5.92 Å². The number of fused-ring (bicyclic) bond motifs is 1. The molecule has 26 heavy (non-hydrogen) atoms. The van der Waals surface area contributed by atoms with Crippen molar-refractivity contribution in [2.45, 2.75) is 59.4 Å². The molecule has 138 valence electrons. The van der Waals surface area contributed by atoms with E-state index in [9.17, 15) is 4.79 Å². The van der Waals surface area contributed by atoms with Crippen molar-refractivity contribution in [2.24, 2.45) is 5.92 Å². The Morgan fingerprint density at radius 1 is 0.962 bits per heavy atom. The van der Waals surface area contributed by atoms with E-state index in [1.54, 1.807) is 0 Å². The highest BCUT2D eigenvalue weighted by molar-refractivity contribution is 5.82. The van der Waals surface area contributed by atoms with Crippen LogP contribution in [-0.4, -0.2) is 9.55 Å². The minimum Gasteiger partial charge on any atom is -0.306 e. The first-order valence-electron chi connectivity index (χ1n) is 9.67. The zero-order chi connectivity index (χ0) is 18.9. The molecule has 0 atom stereocenters. The number of hydrogen-bond donors (Lipinski definition) is 1. The van der Waals surface area contributed by atoms with Crippen LogP contribution in [0.5, 0.6) is 0 Å². The lowest BCUT2D eigenvalue weighted by molar-refractivity contribution is 0.418. The average molecular weight is 351 g/mol. The smallest absolute Gasteiger partial charge is 0.306 e. The van der Waals surface area contributed by atoms with Crippen LogP contribution in [-0.2, 0) is 12.0 Å². The fourth-order valence-corrected chi connectivity index (χ4v) is 3.49. The van der Waals surface area contributed by atoms with Crippen LogP contribution in [0.2, 0.25) is 0 Å². The Hall–Kier alpha value is -2.29. The van der Waals surface area contributed by atoms with E-state index in [1.165, 1.54) is 11.1 Å². The van der Waals surface area contributed by atoms with Gasteiger partial charge in [0.25, 0.3) is 0 Å². The monoisotopic (exact) mass is 350 g/mol. The third kappa shape index (κ3) is 3.62. The third-order valence-corrected chi connectivity index (χ3v) is 5.45. The second-order valence-corrected chi connectivity index (χ2v) is 8.28. The lowest BCUT2D eigenvalue weighted by Crippen LogP contribution is -2.21. The second-order valence-electron chi connectivity index (χ2n) is 8.28. The molecule has 0 saturated carbocycles. The van der Waals surface area contributed by atoms with Crippen LogP contribution in [0.3, 0.4) is 0 Å². The normalized spacial score (nSPS) is 12.2. The van der Waals surface area contributed by atoms with E-state index in [4.69, 9.17) is 0 Å². The Kier molecular flexibility index (Phi) is 5.08. The van der Waals surface area contributed by atoms with E-state index in [-0.39, 0.29) is 11.1 Å². The van der Waals surface area contributed by atoms with Crippen molar-refractivity contribution in [2.75, 3.05) is 0 Å². The fraction of sp³-hybridized carbons (Fsp3) is 0.435. The van der Waals surface area contributed by atoms with Crippen molar-refractivity contribution in [1.29, 1.82) is 0 Å². The molecule has 3 rings (SSSR count). The molecule has 0 aliphatic rings. The molecule has 0 fully saturated rings. The van der Waals surface area contributed by atoms with Crippen LogP contribution in [0.1, 0.15) is 53.0 Å². The van der Waals surface area contributed by atoms with E-state index in [0.717, 1.165) is 36.0 Å². The van der Waals surface area contributed by atoms with Crippen molar-refractivity contribution in [3.05, 3.63) is 58.5 Å². The number of aromatic amines is 1. The fourth-order valence-electron chi connectivity index (χ4n) is 3.49. The molecule has 0 amide bonds. The maximum Gasteiger partial charge on any atom is 0.326 e. The molecule has 1 heterocycles. The van der Waals surface area contributed by atoms with Crippen molar-refractivity contribution in [1.82, 2.24) is 9.55 Å². The number of nitrogens with zero attached hydrogens (tertiary/aromatic N) is 1. The molecule has 0 spiro atoms. The quantitative estimate of drug-likeness (QED) is 0.627. The Morgan fingerprint density at radius 2 is 1.58 bits per heavy atom. The number of aromatic nitrogens is 2. The predicted octanol–water partition coefficient (Wildman–Crippen LogP) is 5.73. The molecule has 0 aliphatic heterocycles. The number of nitrogens with one attached hydrogen (secondary N) is 1. The first kappa shape index (κ1) is 18.5. The number of benzene rings is 2. The summed E-state index contributed by atoms with van der Waals surface area (Å²) < 4.78 is 1.89. The third-order valence-electron chi connectivity index (χ3n) is 5.45. The summed E-state index contributed by atoms with van der Waals surface area (Å²) in [6, 6.07) is 15.0. The van der Waals surface area contributed by atoms with Crippen molar-refractivity contribution in [3.8, 4) is 11.1 Å². The first-order chi connectivity index (χ1) is 12.3. The van der Waals surface area contributed by atoms with Crippen LogP contribution >= 0.6 is 0 Å². The molecule has 1 aromatic heterocycles. The summed E-state index contributed by atoms with van der Waals surface area (Å²) in [4.78, 5) is 15.5.